The Morgan fingerprint density at radius 1 is 1.09 bits per heavy atom. The number of benzene rings is 1. The Hall–Kier alpha value is -3.36. The second kappa shape index (κ2) is 10.5. The van der Waals surface area contributed by atoms with E-state index in [9.17, 15) is 9.59 Å². The van der Waals surface area contributed by atoms with Gasteiger partial charge in [-0.05, 0) is 44.9 Å². The summed E-state index contributed by atoms with van der Waals surface area (Å²) in [7, 11) is 0. The van der Waals surface area contributed by atoms with Gasteiger partial charge in [0.15, 0.2) is 0 Å². The number of aromatic nitrogens is 2. The average molecular weight is 481 g/mol. The first-order chi connectivity index (χ1) is 16.8. The van der Waals surface area contributed by atoms with Crippen LogP contribution < -0.4 is 15.0 Å². The number of anilines is 2. The summed E-state index contributed by atoms with van der Waals surface area (Å²) in [5.74, 6) is 2.11. The molecule has 2 amide bonds. The predicted octanol–water partition coefficient (Wildman–Crippen LogP) is 3.47. The number of fused-ring (bicyclic) bond motifs is 1. The molecule has 2 aliphatic rings. The lowest BCUT2D eigenvalue weighted by atomic mass is 10.0. The van der Waals surface area contributed by atoms with Crippen molar-refractivity contribution in [2.45, 2.75) is 59.7 Å². The monoisotopic (exact) mass is 480 g/mol. The second-order valence-corrected chi connectivity index (χ2v) is 9.33. The maximum atomic E-state index is 13.2. The van der Waals surface area contributed by atoms with Crippen LogP contribution in [0, 0.1) is 0 Å². The van der Waals surface area contributed by atoms with E-state index in [-0.39, 0.29) is 23.9 Å². The molecule has 1 N–H and O–H groups in total. The van der Waals surface area contributed by atoms with E-state index in [0.29, 0.717) is 56.8 Å². The third-order valence-corrected chi connectivity index (χ3v) is 6.73. The summed E-state index contributed by atoms with van der Waals surface area (Å²) in [6, 6.07) is 8.20. The molecule has 9 heteroatoms. The molecule has 0 spiro atoms. The van der Waals surface area contributed by atoms with Crippen molar-refractivity contribution in [2.24, 2.45) is 0 Å². The summed E-state index contributed by atoms with van der Waals surface area (Å²) >= 11 is 0. The Morgan fingerprint density at radius 3 is 2.34 bits per heavy atom. The first-order valence-electron chi connectivity index (χ1n) is 12.5. The molecule has 1 fully saturated rings. The van der Waals surface area contributed by atoms with E-state index in [0.717, 1.165) is 23.3 Å². The molecule has 1 aromatic heterocycles. The van der Waals surface area contributed by atoms with Crippen molar-refractivity contribution in [1.82, 2.24) is 19.8 Å². The van der Waals surface area contributed by atoms with E-state index >= 15 is 0 Å². The largest absolute Gasteiger partial charge is 0.494 e. The number of nitrogens with zero attached hydrogens (tertiary/aromatic N) is 5. The normalized spacial score (nSPS) is 16.5. The van der Waals surface area contributed by atoms with Crippen LogP contribution in [0.2, 0.25) is 0 Å². The minimum Gasteiger partial charge on any atom is -0.494 e. The molecule has 188 valence electrons. The first kappa shape index (κ1) is 24.8. The fraction of sp³-hybridized carbons (Fsp3) is 0.538. The first-order valence-corrected chi connectivity index (χ1v) is 12.5. The van der Waals surface area contributed by atoms with Gasteiger partial charge in [0, 0.05) is 44.7 Å². The highest BCUT2D eigenvalue weighted by atomic mass is 16.5. The summed E-state index contributed by atoms with van der Waals surface area (Å²) in [6.07, 6.45) is 0.848. The number of hydrogen-bond donors (Lipinski definition) is 1. The number of rotatable bonds is 8. The molecule has 0 radical (unpaired) electrons. The van der Waals surface area contributed by atoms with E-state index < -0.39 is 0 Å². The van der Waals surface area contributed by atoms with E-state index in [1.54, 1.807) is 6.92 Å². The van der Waals surface area contributed by atoms with Gasteiger partial charge < -0.3 is 24.8 Å². The molecule has 2 aromatic rings. The van der Waals surface area contributed by atoms with Crippen LogP contribution in [0.3, 0.4) is 0 Å². The molecule has 0 bridgehead atoms. The lowest BCUT2D eigenvalue weighted by Gasteiger charge is -2.34. The molecule has 0 unspecified atom stereocenters. The summed E-state index contributed by atoms with van der Waals surface area (Å²) in [5, 5.41) is 3.62. The van der Waals surface area contributed by atoms with Gasteiger partial charge in [-0.2, -0.15) is 4.98 Å². The van der Waals surface area contributed by atoms with Gasteiger partial charge in [0.05, 0.1) is 19.2 Å². The smallest absolute Gasteiger partial charge is 0.273 e. The van der Waals surface area contributed by atoms with Gasteiger partial charge in [0.2, 0.25) is 11.9 Å². The Labute approximate surface area is 207 Å². The van der Waals surface area contributed by atoms with Crippen LogP contribution in [-0.4, -0.2) is 70.4 Å². The highest BCUT2D eigenvalue weighted by Crippen LogP contribution is 2.33. The number of amides is 2. The summed E-state index contributed by atoms with van der Waals surface area (Å²) in [5.41, 5.74) is 2.45. The van der Waals surface area contributed by atoms with Gasteiger partial charge in [0.1, 0.15) is 17.3 Å². The fourth-order valence-corrected chi connectivity index (χ4v) is 4.63. The van der Waals surface area contributed by atoms with Crippen LogP contribution in [0.5, 0.6) is 5.75 Å². The van der Waals surface area contributed by atoms with Gasteiger partial charge >= 0.3 is 0 Å². The Bertz CT molecular complexity index is 1060. The lowest BCUT2D eigenvalue weighted by Crippen LogP contribution is -2.48. The topological polar surface area (TPSA) is 90.9 Å². The molecule has 4 rings (SSSR count). The predicted molar refractivity (Wildman–Crippen MR) is 136 cm³/mol. The Balaban J connectivity index is 1.65. The molecule has 35 heavy (non-hydrogen) atoms. The van der Waals surface area contributed by atoms with Crippen molar-refractivity contribution in [3.05, 3.63) is 41.1 Å². The summed E-state index contributed by atoms with van der Waals surface area (Å²) in [4.78, 5) is 40.3. The van der Waals surface area contributed by atoms with Crippen molar-refractivity contribution >= 4 is 23.6 Å². The minimum atomic E-state index is -0.0572. The van der Waals surface area contributed by atoms with Crippen molar-refractivity contribution in [2.75, 3.05) is 43.0 Å². The maximum Gasteiger partial charge on any atom is 0.273 e. The van der Waals surface area contributed by atoms with Crippen molar-refractivity contribution in [1.29, 1.82) is 0 Å². The van der Waals surface area contributed by atoms with E-state index in [2.05, 4.69) is 29.3 Å². The SMILES string of the molecule is CCOc1ccc([C@@H](CC)Nc2nc(N3CCN(C(C)=O)CC3)nc3c2CN(C(C)C)C3=O)cc1. The Kier molecular flexibility index (Phi) is 7.42. The minimum absolute atomic E-state index is 0.0234. The number of carbonyl (C=O) groups is 2. The zero-order valence-corrected chi connectivity index (χ0v) is 21.4. The van der Waals surface area contributed by atoms with Gasteiger partial charge in [-0.3, -0.25) is 9.59 Å². The molecule has 1 saturated heterocycles. The van der Waals surface area contributed by atoms with Crippen LogP contribution in [-0.2, 0) is 11.3 Å². The van der Waals surface area contributed by atoms with Crippen LogP contribution >= 0.6 is 0 Å². The maximum absolute atomic E-state index is 13.2. The highest BCUT2D eigenvalue weighted by Gasteiger charge is 2.35. The molecule has 1 aromatic carbocycles. The van der Waals surface area contributed by atoms with Gasteiger partial charge in [0.25, 0.3) is 5.91 Å². The molecule has 0 aliphatic carbocycles. The molecule has 0 saturated carbocycles. The van der Waals surface area contributed by atoms with Crippen LogP contribution in [0.1, 0.15) is 68.7 Å². The average Bonchev–Trinajstić information content (AvgIpc) is 3.20. The lowest BCUT2D eigenvalue weighted by molar-refractivity contribution is -0.129. The zero-order chi connectivity index (χ0) is 25.1. The number of piperazine rings is 1. The third-order valence-electron chi connectivity index (χ3n) is 6.73. The van der Waals surface area contributed by atoms with Crippen molar-refractivity contribution in [3.8, 4) is 5.75 Å². The van der Waals surface area contributed by atoms with Crippen molar-refractivity contribution in [3.63, 3.8) is 0 Å². The highest BCUT2D eigenvalue weighted by molar-refractivity contribution is 5.98. The number of hydrogen-bond acceptors (Lipinski definition) is 7. The van der Waals surface area contributed by atoms with Gasteiger partial charge in [-0.25, -0.2) is 4.98 Å². The number of carbonyl (C=O) groups excluding carboxylic acids is 2. The quantitative estimate of drug-likeness (QED) is 0.619. The van der Waals surface area contributed by atoms with E-state index in [1.165, 1.54) is 0 Å². The molecule has 2 aliphatic heterocycles. The zero-order valence-electron chi connectivity index (χ0n) is 21.4. The molecule has 3 heterocycles. The van der Waals surface area contributed by atoms with Crippen LogP contribution in [0.15, 0.2) is 24.3 Å². The summed E-state index contributed by atoms with van der Waals surface area (Å²) in [6.45, 7) is 13.4. The number of nitrogens with one attached hydrogen (secondary N) is 1. The second-order valence-electron chi connectivity index (χ2n) is 9.33. The molecule has 9 nitrogen and oxygen atoms in total. The molecular weight excluding hydrogens is 444 g/mol. The summed E-state index contributed by atoms with van der Waals surface area (Å²) < 4.78 is 5.59. The van der Waals surface area contributed by atoms with Crippen molar-refractivity contribution < 1.29 is 14.3 Å². The third kappa shape index (κ3) is 5.18. The van der Waals surface area contributed by atoms with E-state index in [1.807, 2.05) is 42.7 Å². The molecular formula is C26H36N6O3. The van der Waals surface area contributed by atoms with E-state index in [4.69, 9.17) is 14.7 Å². The standard InChI is InChI=1S/C26H36N6O3/c1-6-22(19-8-10-20(11-9-19)35-7-2)27-24-21-16-32(17(3)4)25(34)23(21)28-26(29-24)31-14-12-30(13-15-31)18(5)33/h8-11,17,22H,6-7,12-16H2,1-5H3,(H,27,28,29)/t22-/m1/s1. The Morgan fingerprint density at radius 2 is 1.77 bits per heavy atom. The van der Waals surface area contributed by atoms with Crippen LogP contribution in [0.4, 0.5) is 11.8 Å². The van der Waals surface area contributed by atoms with Gasteiger partial charge in [-0.1, -0.05) is 19.1 Å². The van der Waals surface area contributed by atoms with Crippen LogP contribution in [0.25, 0.3) is 0 Å². The van der Waals surface area contributed by atoms with Gasteiger partial charge in [-0.15, -0.1) is 0 Å². The number of ether oxygens (including phenoxy) is 1. The molecule has 1 atom stereocenters. The fourth-order valence-electron chi connectivity index (χ4n) is 4.63.